The quantitative estimate of drug-likeness (QED) is 0.867. The van der Waals surface area contributed by atoms with Crippen LogP contribution in [0, 0.1) is 5.41 Å². The summed E-state index contributed by atoms with van der Waals surface area (Å²) in [6, 6.07) is 2.23. The molecule has 1 aromatic rings. The van der Waals surface area contributed by atoms with Crippen molar-refractivity contribution in [2.45, 2.75) is 39.9 Å². The molecule has 0 bridgehead atoms. The lowest BCUT2D eigenvalue weighted by molar-refractivity contribution is -0.137. The van der Waals surface area contributed by atoms with Crippen LogP contribution in [-0.4, -0.2) is 32.0 Å². The molecule has 0 radical (unpaired) electrons. The lowest BCUT2D eigenvalue weighted by Crippen LogP contribution is -2.46. The fourth-order valence-corrected chi connectivity index (χ4v) is 1.92. The smallest absolute Gasteiger partial charge is 0.376 e. The maximum Gasteiger partial charge on any atom is 0.416 e. The number of alkyl halides is 3. The normalized spacial score (nSPS) is 13.2. The van der Waals surface area contributed by atoms with Crippen LogP contribution < -0.4 is 15.5 Å². The molecule has 0 aliphatic rings. The highest BCUT2D eigenvalue weighted by atomic mass is 19.4. The second-order valence-electron chi connectivity index (χ2n) is 7.06. The number of amides is 2. The van der Waals surface area contributed by atoms with Crippen molar-refractivity contribution < 1.29 is 22.8 Å². The van der Waals surface area contributed by atoms with E-state index in [4.69, 9.17) is 0 Å². The van der Waals surface area contributed by atoms with Gasteiger partial charge in [-0.05, 0) is 25.1 Å². The molecule has 0 aromatic heterocycles. The molecule has 0 spiro atoms. The van der Waals surface area contributed by atoms with E-state index < -0.39 is 29.1 Å². The molecule has 0 fully saturated rings. The summed E-state index contributed by atoms with van der Waals surface area (Å²) in [5, 5.41) is 5.01. The van der Waals surface area contributed by atoms with Crippen LogP contribution in [-0.2, 0) is 15.8 Å². The number of carbonyl (C=O) groups excluding carboxylic acids is 2. The predicted octanol–water partition coefficient (Wildman–Crippen LogP) is 3.26. The third kappa shape index (κ3) is 5.65. The molecule has 0 aliphatic heterocycles. The van der Waals surface area contributed by atoms with E-state index >= 15 is 0 Å². The van der Waals surface area contributed by atoms with Crippen LogP contribution in [0.15, 0.2) is 18.2 Å². The Morgan fingerprint density at radius 1 is 1.12 bits per heavy atom. The maximum absolute atomic E-state index is 12.9. The number of anilines is 2. The van der Waals surface area contributed by atoms with Crippen molar-refractivity contribution in [1.29, 1.82) is 0 Å². The van der Waals surface area contributed by atoms with Gasteiger partial charge in [-0.1, -0.05) is 20.8 Å². The van der Waals surface area contributed by atoms with Gasteiger partial charge in [0.1, 0.15) is 6.04 Å². The molecular formula is C17H24F3N3O2. The minimum Gasteiger partial charge on any atom is -0.376 e. The topological polar surface area (TPSA) is 61.4 Å². The van der Waals surface area contributed by atoms with Gasteiger partial charge >= 0.3 is 6.18 Å². The first-order chi connectivity index (χ1) is 11.2. The van der Waals surface area contributed by atoms with E-state index in [1.54, 1.807) is 39.8 Å². The van der Waals surface area contributed by atoms with Crippen LogP contribution in [0.4, 0.5) is 24.5 Å². The van der Waals surface area contributed by atoms with Gasteiger partial charge < -0.3 is 15.5 Å². The zero-order valence-electron chi connectivity index (χ0n) is 15.2. The van der Waals surface area contributed by atoms with Crippen LogP contribution in [0.5, 0.6) is 0 Å². The first-order valence-corrected chi connectivity index (χ1v) is 7.74. The molecule has 1 aromatic carbocycles. The van der Waals surface area contributed by atoms with Crippen molar-refractivity contribution in [3.63, 3.8) is 0 Å². The SMILES string of the molecule is CC(NC(=O)C(C)(C)C)C(=O)Nc1cc(C(F)(F)F)ccc1N(C)C. The number of carbonyl (C=O) groups is 2. The first-order valence-electron chi connectivity index (χ1n) is 7.74. The number of halogens is 3. The van der Waals surface area contributed by atoms with E-state index in [0.29, 0.717) is 5.69 Å². The summed E-state index contributed by atoms with van der Waals surface area (Å²) in [6.07, 6.45) is -4.52. The van der Waals surface area contributed by atoms with Crippen molar-refractivity contribution in [2.24, 2.45) is 5.41 Å². The van der Waals surface area contributed by atoms with Crippen molar-refractivity contribution in [1.82, 2.24) is 5.32 Å². The minimum absolute atomic E-state index is 0.0293. The Balaban J connectivity index is 3.03. The van der Waals surface area contributed by atoms with Gasteiger partial charge in [-0.15, -0.1) is 0 Å². The van der Waals surface area contributed by atoms with E-state index in [1.807, 2.05) is 0 Å². The van der Waals surface area contributed by atoms with Crippen molar-refractivity contribution in [3.8, 4) is 0 Å². The molecule has 140 valence electrons. The van der Waals surface area contributed by atoms with Gasteiger partial charge in [0, 0.05) is 19.5 Å². The Morgan fingerprint density at radius 3 is 2.12 bits per heavy atom. The lowest BCUT2D eigenvalue weighted by Gasteiger charge is -2.23. The Kier molecular flexibility index (Phi) is 6.09. The Bertz CT molecular complexity index is 650. The van der Waals surface area contributed by atoms with E-state index in [9.17, 15) is 22.8 Å². The van der Waals surface area contributed by atoms with Crippen LogP contribution in [0.2, 0.25) is 0 Å². The van der Waals surface area contributed by atoms with Gasteiger partial charge in [0.2, 0.25) is 11.8 Å². The molecule has 25 heavy (non-hydrogen) atoms. The third-order valence-corrected chi connectivity index (χ3v) is 3.49. The Labute approximate surface area is 145 Å². The third-order valence-electron chi connectivity index (χ3n) is 3.49. The molecule has 0 saturated carbocycles. The van der Waals surface area contributed by atoms with Gasteiger partial charge in [-0.25, -0.2) is 0 Å². The Morgan fingerprint density at radius 2 is 1.68 bits per heavy atom. The highest BCUT2D eigenvalue weighted by molar-refractivity contribution is 5.99. The average molecular weight is 359 g/mol. The van der Waals surface area contributed by atoms with Crippen molar-refractivity contribution in [3.05, 3.63) is 23.8 Å². The number of rotatable bonds is 4. The number of nitrogens with zero attached hydrogens (tertiary/aromatic N) is 1. The molecule has 0 heterocycles. The summed E-state index contributed by atoms with van der Waals surface area (Å²) in [5.41, 5.74) is -1.09. The summed E-state index contributed by atoms with van der Waals surface area (Å²) < 4.78 is 38.7. The zero-order chi connectivity index (χ0) is 19.6. The van der Waals surface area contributed by atoms with Crippen LogP contribution in [0.3, 0.4) is 0 Å². The summed E-state index contributed by atoms with van der Waals surface area (Å²) >= 11 is 0. The van der Waals surface area contributed by atoms with Crippen LogP contribution >= 0.6 is 0 Å². The number of nitrogens with one attached hydrogen (secondary N) is 2. The molecule has 0 saturated heterocycles. The summed E-state index contributed by atoms with van der Waals surface area (Å²) in [5.74, 6) is -0.924. The van der Waals surface area contributed by atoms with Crippen LogP contribution in [0.1, 0.15) is 33.3 Å². The van der Waals surface area contributed by atoms with Gasteiger partial charge in [0.15, 0.2) is 0 Å². The minimum atomic E-state index is -4.52. The predicted molar refractivity (Wildman–Crippen MR) is 91.5 cm³/mol. The van der Waals surface area contributed by atoms with E-state index in [-0.39, 0.29) is 11.6 Å². The summed E-state index contributed by atoms with van der Waals surface area (Å²) in [4.78, 5) is 25.8. The second-order valence-corrected chi connectivity index (χ2v) is 7.06. The van der Waals surface area contributed by atoms with E-state index in [1.165, 1.54) is 13.0 Å². The second kappa shape index (κ2) is 7.33. The maximum atomic E-state index is 12.9. The fraction of sp³-hybridized carbons (Fsp3) is 0.529. The first kappa shape index (κ1) is 20.8. The molecule has 5 nitrogen and oxygen atoms in total. The average Bonchev–Trinajstić information content (AvgIpc) is 2.44. The van der Waals surface area contributed by atoms with Gasteiger partial charge in [-0.3, -0.25) is 9.59 Å². The summed E-state index contributed by atoms with van der Waals surface area (Å²) in [7, 11) is 3.31. The molecule has 2 amide bonds. The monoisotopic (exact) mass is 359 g/mol. The van der Waals surface area contributed by atoms with E-state index in [0.717, 1.165) is 12.1 Å². The molecule has 1 rings (SSSR count). The van der Waals surface area contributed by atoms with Crippen LogP contribution in [0.25, 0.3) is 0 Å². The van der Waals surface area contributed by atoms with Crippen molar-refractivity contribution in [2.75, 3.05) is 24.3 Å². The Hall–Kier alpha value is -2.25. The lowest BCUT2D eigenvalue weighted by atomic mass is 9.95. The van der Waals surface area contributed by atoms with Gasteiger partial charge in [0.05, 0.1) is 16.9 Å². The number of benzene rings is 1. The number of hydrogen-bond acceptors (Lipinski definition) is 3. The largest absolute Gasteiger partial charge is 0.416 e. The molecule has 8 heteroatoms. The summed E-state index contributed by atoms with van der Waals surface area (Å²) in [6.45, 7) is 6.57. The number of hydrogen-bond donors (Lipinski definition) is 2. The molecule has 0 aliphatic carbocycles. The highest BCUT2D eigenvalue weighted by Crippen LogP contribution is 2.35. The van der Waals surface area contributed by atoms with Gasteiger partial charge in [-0.2, -0.15) is 13.2 Å². The zero-order valence-corrected chi connectivity index (χ0v) is 15.2. The fourth-order valence-electron chi connectivity index (χ4n) is 1.92. The molecule has 2 N–H and O–H groups in total. The van der Waals surface area contributed by atoms with Gasteiger partial charge in [0.25, 0.3) is 0 Å². The molecule has 1 atom stereocenters. The molecule has 1 unspecified atom stereocenters. The highest BCUT2D eigenvalue weighted by Gasteiger charge is 2.32. The standard InChI is InChI=1S/C17H24F3N3O2/c1-10(21-15(25)16(2,3)4)14(24)22-12-9-11(17(18,19)20)7-8-13(12)23(5)6/h7-10H,1-6H3,(H,21,25)(H,22,24). The van der Waals surface area contributed by atoms with Crippen molar-refractivity contribution >= 4 is 23.2 Å². The van der Waals surface area contributed by atoms with E-state index in [2.05, 4.69) is 10.6 Å². The molecular weight excluding hydrogens is 335 g/mol.